The summed E-state index contributed by atoms with van der Waals surface area (Å²) in [5.74, 6) is 0.879. The van der Waals surface area contributed by atoms with Crippen molar-refractivity contribution in [3.05, 3.63) is 47.8 Å². The lowest BCUT2D eigenvalue weighted by atomic mass is 10.1. The molecule has 0 aliphatic heterocycles. The maximum Gasteiger partial charge on any atom is 0.262 e. The molecule has 0 saturated carbocycles. The Morgan fingerprint density at radius 3 is 2.75 bits per heavy atom. The van der Waals surface area contributed by atoms with E-state index in [4.69, 9.17) is 4.52 Å². The first-order valence-electron chi connectivity index (χ1n) is 6.20. The van der Waals surface area contributed by atoms with Crippen molar-refractivity contribution >= 4 is 0 Å². The van der Waals surface area contributed by atoms with Gasteiger partial charge in [-0.1, -0.05) is 16.8 Å². The molecule has 0 atom stereocenters. The van der Waals surface area contributed by atoms with Crippen LogP contribution in [0.3, 0.4) is 0 Å². The molecule has 0 aliphatic carbocycles. The van der Waals surface area contributed by atoms with Crippen LogP contribution in [0.1, 0.15) is 11.1 Å². The quantitative estimate of drug-likeness (QED) is 0.772. The second-order valence-corrected chi connectivity index (χ2v) is 4.63. The van der Waals surface area contributed by atoms with Crippen molar-refractivity contribution in [2.24, 2.45) is 0 Å². The summed E-state index contributed by atoms with van der Waals surface area (Å²) in [4.78, 5) is 8.40. The minimum absolute atomic E-state index is 0.119. The van der Waals surface area contributed by atoms with Crippen molar-refractivity contribution in [2.75, 3.05) is 0 Å². The second-order valence-electron chi connectivity index (χ2n) is 4.63. The average Bonchev–Trinajstić information content (AvgIpc) is 2.91. The zero-order chi connectivity index (χ0) is 14.1. The third-order valence-corrected chi connectivity index (χ3v) is 3.09. The van der Waals surface area contributed by atoms with Crippen LogP contribution in [0.15, 0.2) is 41.2 Å². The zero-order valence-corrected chi connectivity index (χ0v) is 11.2. The first-order chi connectivity index (χ1) is 9.65. The second kappa shape index (κ2) is 4.77. The SMILES string of the molecule is Cc1ccc(O)c(-c2nc(-c3cnccc3C)no2)c1. The molecule has 3 rings (SSSR count). The molecule has 0 aliphatic rings. The van der Waals surface area contributed by atoms with E-state index in [2.05, 4.69) is 15.1 Å². The van der Waals surface area contributed by atoms with Crippen LogP contribution in [0, 0.1) is 13.8 Å². The minimum Gasteiger partial charge on any atom is -0.507 e. The van der Waals surface area contributed by atoms with Crippen molar-refractivity contribution in [2.45, 2.75) is 13.8 Å². The number of aromatic nitrogens is 3. The molecule has 2 heterocycles. The molecule has 0 fully saturated rings. The summed E-state index contributed by atoms with van der Waals surface area (Å²) < 4.78 is 5.25. The molecule has 100 valence electrons. The number of pyridine rings is 1. The van der Waals surface area contributed by atoms with E-state index in [0.29, 0.717) is 17.3 Å². The summed E-state index contributed by atoms with van der Waals surface area (Å²) in [6.45, 7) is 3.89. The number of rotatable bonds is 2. The molecule has 20 heavy (non-hydrogen) atoms. The average molecular weight is 267 g/mol. The van der Waals surface area contributed by atoms with Gasteiger partial charge in [0.2, 0.25) is 5.82 Å². The molecule has 0 bridgehead atoms. The molecule has 0 unspecified atom stereocenters. The highest BCUT2D eigenvalue weighted by molar-refractivity contribution is 5.66. The number of aryl methyl sites for hydroxylation is 2. The van der Waals surface area contributed by atoms with Crippen molar-refractivity contribution in [1.29, 1.82) is 0 Å². The number of nitrogens with zero attached hydrogens (tertiary/aromatic N) is 3. The summed E-state index contributed by atoms with van der Waals surface area (Å²) >= 11 is 0. The molecule has 1 N–H and O–H groups in total. The zero-order valence-electron chi connectivity index (χ0n) is 11.2. The van der Waals surface area contributed by atoms with Crippen LogP contribution in [0.2, 0.25) is 0 Å². The molecule has 0 amide bonds. The summed E-state index contributed by atoms with van der Waals surface area (Å²) in [6, 6.07) is 7.13. The molecular formula is C15H13N3O2. The van der Waals surface area contributed by atoms with Crippen molar-refractivity contribution in [3.8, 4) is 28.6 Å². The van der Waals surface area contributed by atoms with E-state index in [0.717, 1.165) is 16.7 Å². The van der Waals surface area contributed by atoms with Gasteiger partial charge in [-0.15, -0.1) is 0 Å². The van der Waals surface area contributed by atoms with Crippen LogP contribution in [0.25, 0.3) is 22.8 Å². The Bertz CT molecular complexity index is 765. The summed E-state index contributed by atoms with van der Waals surface area (Å²) in [6.07, 6.45) is 3.41. The Morgan fingerprint density at radius 2 is 1.95 bits per heavy atom. The van der Waals surface area contributed by atoms with E-state index in [1.54, 1.807) is 18.5 Å². The Kier molecular flexibility index (Phi) is 2.95. The van der Waals surface area contributed by atoms with Gasteiger partial charge in [-0.25, -0.2) is 0 Å². The third-order valence-electron chi connectivity index (χ3n) is 3.09. The third kappa shape index (κ3) is 2.14. The number of phenols is 1. The van der Waals surface area contributed by atoms with Gasteiger partial charge in [0.15, 0.2) is 0 Å². The van der Waals surface area contributed by atoms with Gasteiger partial charge < -0.3 is 9.63 Å². The first kappa shape index (κ1) is 12.3. The molecular weight excluding hydrogens is 254 g/mol. The van der Waals surface area contributed by atoms with Crippen LogP contribution in [0.5, 0.6) is 5.75 Å². The molecule has 3 aromatic rings. The van der Waals surface area contributed by atoms with Gasteiger partial charge in [-0.3, -0.25) is 4.98 Å². The minimum atomic E-state index is 0.119. The summed E-state index contributed by atoms with van der Waals surface area (Å²) in [5.41, 5.74) is 3.37. The highest BCUT2D eigenvalue weighted by Crippen LogP contribution is 2.30. The fourth-order valence-corrected chi connectivity index (χ4v) is 1.96. The van der Waals surface area contributed by atoms with Crippen LogP contribution < -0.4 is 0 Å². The fourth-order valence-electron chi connectivity index (χ4n) is 1.96. The van der Waals surface area contributed by atoms with Crippen LogP contribution in [-0.2, 0) is 0 Å². The maximum atomic E-state index is 9.88. The Morgan fingerprint density at radius 1 is 1.10 bits per heavy atom. The number of hydrogen-bond donors (Lipinski definition) is 1. The first-order valence-corrected chi connectivity index (χ1v) is 6.20. The van der Waals surface area contributed by atoms with Crippen molar-refractivity contribution in [3.63, 3.8) is 0 Å². The highest BCUT2D eigenvalue weighted by Gasteiger charge is 2.15. The summed E-state index contributed by atoms with van der Waals surface area (Å²) in [5, 5.41) is 13.8. The number of hydrogen-bond acceptors (Lipinski definition) is 5. The molecule has 0 spiro atoms. The van der Waals surface area contributed by atoms with Gasteiger partial charge in [-0.05, 0) is 37.6 Å². The predicted octanol–water partition coefficient (Wildman–Crippen LogP) is 3.12. The maximum absolute atomic E-state index is 9.88. The van der Waals surface area contributed by atoms with Gasteiger partial charge in [0.1, 0.15) is 5.75 Å². The lowest BCUT2D eigenvalue weighted by Crippen LogP contribution is -1.87. The van der Waals surface area contributed by atoms with Gasteiger partial charge in [0.25, 0.3) is 5.89 Å². The summed E-state index contributed by atoms with van der Waals surface area (Å²) in [7, 11) is 0. The van der Waals surface area contributed by atoms with E-state index in [9.17, 15) is 5.11 Å². The van der Waals surface area contributed by atoms with E-state index in [-0.39, 0.29) is 5.75 Å². The Balaban J connectivity index is 2.07. The Labute approximate surface area is 115 Å². The van der Waals surface area contributed by atoms with Crippen LogP contribution >= 0.6 is 0 Å². The number of phenolic OH excluding ortho intramolecular Hbond substituents is 1. The van der Waals surface area contributed by atoms with Crippen molar-refractivity contribution in [1.82, 2.24) is 15.1 Å². The largest absolute Gasteiger partial charge is 0.507 e. The van der Waals surface area contributed by atoms with Crippen LogP contribution in [0.4, 0.5) is 0 Å². The normalized spacial score (nSPS) is 10.7. The van der Waals surface area contributed by atoms with E-state index >= 15 is 0 Å². The van der Waals surface area contributed by atoms with E-state index in [1.165, 1.54) is 0 Å². The molecule has 2 aromatic heterocycles. The monoisotopic (exact) mass is 267 g/mol. The predicted molar refractivity (Wildman–Crippen MR) is 74.1 cm³/mol. The molecule has 1 aromatic carbocycles. The van der Waals surface area contributed by atoms with Gasteiger partial charge in [0, 0.05) is 18.0 Å². The highest BCUT2D eigenvalue weighted by atomic mass is 16.5. The van der Waals surface area contributed by atoms with E-state index < -0.39 is 0 Å². The van der Waals surface area contributed by atoms with Gasteiger partial charge in [0.05, 0.1) is 5.56 Å². The number of benzene rings is 1. The standard InChI is InChI=1S/C15H13N3O2/c1-9-3-4-13(19)11(7-9)15-17-14(18-20-15)12-8-16-6-5-10(12)2/h3-8,19H,1-2H3. The fraction of sp³-hybridized carbons (Fsp3) is 0.133. The molecule has 0 saturated heterocycles. The lowest BCUT2D eigenvalue weighted by molar-refractivity contribution is 0.425. The van der Waals surface area contributed by atoms with Crippen molar-refractivity contribution < 1.29 is 9.63 Å². The van der Waals surface area contributed by atoms with E-state index in [1.807, 2.05) is 32.0 Å². The number of aromatic hydroxyl groups is 1. The lowest BCUT2D eigenvalue weighted by Gasteiger charge is -2.00. The Hall–Kier alpha value is -2.69. The van der Waals surface area contributed by atoms with Gasteiger partial charge in [-0.2, -0.15) is 4.98 Å². The molecule has 0 radical (unpaired) electrons. The topological polar surface area (TPSA) is 72.0 Å². The molecule has 5 nitrogen and oxygen atoms in total. The van der Waals surface area contributed by atoms with Gasteiger partial charge >= 0.3 is 0 Å². The smallest absolute Gasteiger partial charge is 0.262 e. The van der Waals surface area contributed by atoms with Crippen LogP contribution in [-0.4, -0.2) is 20.2 Å². The molecule has 5 heteroatoms.